The second-order valence-corrected chi connectivity index (χ2v) is 4.90. The number of aromatic amines is 1. The molecule has 0 saturated heterocycles. The van der Waals surface area contributed by atoms with E-state index >= 15 is 0 Å². The van der Waals surface area contributed by atoms with Crippen molar-refractivity contribution in [3.8, 4) is 0 Å². The smallest absolute Gasteiger partial charge is 0.200 e. The van der Waals surface area contributed by atoms with E-state index in [1.165, 1.54) is 6.33 Å². The summed E-state index contributed by atoms with van der Waals surface area (Å²) in [5, 5.41) is 5.85. The second kappa shape index (κ2) is 3.65. The van der Waals surface area contributed by atoms with Crippen LogP contribution < -0.4 is 0 Å². The highest BCUT2D eigenvalue weighted by atomic mass is 32.2. The molecule has 0 unspecified atom stereocenters. The number of nitrogens with zero attached hydrogens (tertiary/aromatic N) is 2. The number of rotatable bonds is 4. The lowest BCUT2D eigenvalue weighted by molar-refractivity contribution is 0.0979. The lowest BCUT2D eigenvalue weighted by Gasteiger charge is -1.94. The van der Waals surface area contributed by atoms with Gasteiger partial charge in [0.15, 0.2) is 5.82 Å². The van der Waals surface area contributed by atoms with E-state index < -0.39 is 9.84 Å². The van der Waals surface area contributed by atoms with Crippen molar-refractivity contribution in [3.05, 3.63) is 12.2 Å². The van der Waals surface area contributed by atoms with Crippen molar-refractivity contribution >= 4 is 15.6 Å². The summed E-state index contributed by atoms with van der Waals surface area (Å²) in [4.78, 5) is 14.8. The number of hydrogen-bond acceptors (Lipinski definition) is 5. The summed E-state index contributed by atoms with van der Waals surface area (Å²) in [5.74, 6) is -0.404. The van der Waals surface area contributed by atoms with Crippen LogP contribution in [0.1, 0.15) is 17.0 Å². The number of hydrogen-bond donors (Lipinski definition) is 1. The van der Waals surface area contributed by atoms with Crippen LogP contribution in [0.5, 0.6) is 0 Å². The highest BCUT2D eigenvalue weighted by Crippen LogP contribution is 1.96. The summed E-state index contributed by atoms with van der Waals surface area (Å²) in [7, 11) is -3.09. The van der Waals surface area contributed by atoms with Crippen LogP contribution in [-0.2, 0) is 9.84 Å². The van der Waals surface area contributed by atoms with Crippen molar-refractivity contribution in [1.29, 1.82) is 0 Å². The van der Waals surface area contributed by atoms with Crippen molar-refractivity contribution in [2.24, 2.45) is 0 Å². The minimum atomic E-state index is -3.09. The first-order valence-corrected chi connectivity index (χ1v) is 5.61. The molecule has 7 heteroatoms. The zero-order valence-corrected chi connectivity index (χ0v) is 7.84. The number of carbonyl (C=O) groups excluding carboxylic acids is 1. The number of Topliss-reactive ketones (excluding diaryl/α,β-unsaturated/α-hetero) is 1. The van der Waals surface area contributed by atoms with Crippen molar-refractivity contribution in [1.82, 2.24) is 15.2 Å². The van der Waals surface area contributed by atoms with Gasteiger partial charge in [-0.1, -0.05) is 0 Å². The average molecular weight is 203 g/mol. The lowest BCUT2D eigenvalue weighted by atomic mass is 10.3. The molecule has 1 rings (SSSR count). The average Bonchev–Trinajstić information content (AvgIpc) is 2.50. The van der Waals surface area contributed by atoms with Gasteiger partial charge in [-0.3, -0.25) is 9.89 Å². The zero-order valence-electron chi connectivity index (χ0n) is 7.02. The molecule has 0 aliphatic heterocycles. The lowest BCUT2D eigenvalue weighted by Crippen LogP contribution is -2.10. The van der Waals surface area contributed by atoms with Crippen LogP contribution in [-0.4, -0.2) is 41.4 Å². The van der Waals surface area contributed by atoms with E-state index in [2.05, 4.69) is 15.2 Å². The minimum absolute atomic E-state index is 0.0615. The third-order valence-corrected chi connectivity index (χ3v) is 2.32. The Morgan fingerprint density at radius 1 is 1.62 bits per heavy atom. The fourth-order valence-corrected chi connectivity index (χ4v) is 1.29. The predicted octanol–water partition coefficient (Wildman–Crippen LogP) is -0.578. The van der Waals surface area contributed by atoms with Crippen molar-refractivity contribution < 1.29 is 13.2 Å². The standard InChI is InChI=1S/C6H9N3O3S/c1-13(11,12)3-2-5(10)6-7-4-8-9-6/h4H,2-3H2,1H3,(H,7,8,9). The van der Waals surface area contributed by atoms with E-state index in [4.69, 9.17) is 0 Å². The third kappa shape index (κ3) is 3.32. The Kier molecular flexibility index (Phi) is 2.76. The molecule has 1 aromatic rings. The summed E-state index contributed by atoms with van der Waals surface area (Å²) in [6.07, 6.45) is 2.22. The third-order valence-electron chi connectivity index (χ3n) is 1.38. The first kappa shape index (κ1) is 9.85. The number of carbonyl (C=O) groups is 1. The Bertz CT molecular complexity index is 381. The zero-order chi connectivity index (χ0) is 9.90. The van der Waals surface area contributed by atoms with E-state index in [0.717, 1.165) is 6.26 Å². The maximum Gasteiger partial charge on any atom is 0.200 e. The van der Waals surface area contributed by atoms with Crippen LogP contribution in [0.3, 0.4) is 0 Å². The van der Waals surface area contributed by atoms with Gasteiger partial charge >= 0.3 is 0 Å². The molecule has 0 fully saturated rings. The number of ketones is 1. The molecule has 0 saturated carbocycles. The van der Waals surface area contributed by atoms with Gasteiger partial charge < -0.3 is 0 Å². The molecule has 0 atom stereocenters. The highest BCUT2D eigenvalue weighted by Gasteiger charge is 2.11. The van der Waals surface area contributed by atoms with Crippen molar-refractivity contribution in [2.45, 2.75) is 6.42 Å². The van der Waals surface area contributed by atoms with Crippen molar-refractivity contribution in [3.63, 3.8) is 0 Å². The summed E-state index contributed by atoms with van der Waals surface area (Å²) < 4.78 is 21.4. The molecule has 1 heterocycles. The molecule has 1 N–H and O–H groups in total. The second-order valence-electron chi connectivity index (χ2n) is 2.64. The molecule has 72 valence electrons. The topological polar surface area (TPSA) is 92.8 Å². The molecule has 13 heavy (non-hydrogen) atoms. The van der Waals surface area contributed by atoms with Gasteiger partial charge in [0.1, 0.15) is 16.2 Å². The number of sulfone groups is 1. The molecule has 0 aliphatic carbocycles. The van der Waals surface area contributed by atoms with Gasteiger partial charge in [0.2, 0.25) is 5.78 Å². The Hall–Kier alpha value is -1.24. The fourth-order valence-electron chi connectivity index (χ4n) is 0.736. The molecule has 6 nitrogen and oxygen atoms in total. The van der Waals surface area contributed by atoms with E-state index in [0.29, 0.717) is 0 Å². The first-order valence-electron chi connectivity index (χ1n) is 3.55. The molecular formula is C6H9N3O3S. The molecule has 0 bridgehead atoms. The summed E-state index contributed by atoms with van der Waals surface area (Å²) in [5.41, 5.74) is 0. The molecular weight excluding hydrogens is 194 g/mol. The van der Waals surface area contributed by atoms with Gasteiger partial charge in [-0.2, -0.15) is 5.10 Å². The maximum atomic E-state index is 11.2. The van der Waals surface area contributed by atoms with Crippen LogP contribution in [0.4, 0.5) is 0 Å². The minimum Gasteiger partial charge on any atom is -0.291 e. The maximum absolute atomic E-state index is 11.2. The van der Waals surface area contributed by atoms with Gasteiger partial charge in [0.25, 0.3) is 0 Å². The Labute approximate surface area is 75.3 Å². The molecule has 0 radical (unpaired) electrons. The monoisotopic (exact) mass is 203 g/mol. The summed E-state index contributed by atoms with van der Waals surface area (Å²) in [6.45, 7) is 0. The number of H-pyrrole nitrogens is 1. The van der Waals surface area contributed by atoms with Gasteiger partial charge in [0, 0.05) is 12.7 Å². The summed E-state index contributed by atoms with van der Waals surface area (Å²) in [6, 6.07) is 0. The van der Waals surface area contributed by atoms with Crippen LogP contribution in [0, 0.1) is 0 Å². The Morgan fingerprint density at radius 3 is 2.77 bits per heavy atom. The summed E-state index contributed by atoms with van der Waals surface area (Å²) >= 11 is 0. The van der Waals surface area contributed by atoms with Crippen LogP contribution in [0.15, 0.2) is 6.33 Å². The number of aromatic nitrogens is 3. The molecule has 1 aromatic heterocycles. The number of nitrogens with one attached hydrogen (secondary N) is 1. The van der Waals surface area contributed by atoms with Crippen LogP contribution in [0.2, 0.25) is 0 Å². The SMILES string of the molecule is CS(=O)(=O)CCC(=O)c1ncn[nH]1. The molecule has 0 aromatic carbocycles. The normalized spacial score (nSPS) is 11.5. The first-order chi connectivity index (χ1) is 5.99. The van der Waals surface area contributed by atoms with Crippen LogP contribution in [0.25, 0.3) is 0 Å². The van der Waals surface area contributed by atoms with Gasteiger partial charge in [-0.05, 0) is 0 Å². The molecule has 0 aliphatic rings. The van der Waals surface area contributed by atoms with E-state index in [1.807, 2.05) is 0 Å². The highest BCUT2D eigenvalue weighted by molar-refractivity contribution is 7.90. The predicted molar refractivity (Wildman–Crippen MR) is 45.0 cm³/mol. The van der Waals surface area contributed by atoms with Crippen molar-refractivity contribution in [2.75, 3.05) is 12.0 Å². The van der Waals surface area contributed by atoms with E-state index in [9.17, 15) is 13.2 Å². The van der Waals surface area contributed by atoms with Gasteiger partial charge in [-0.15, -0.1) is 0 Å². The quantitative estimate of drug-likeness (QED) is 0.661. The Balaban J connectivity index is 2.53. The Morgan fingerprint density at radius 2 is 2.31 bits per heavy atom. The van der Waals surface area contributed by atoms with E-state index in [1.54, 1.807) is 0 Å². The molecule has 0 spiro atoms. The molecule has 0 amide bonds. The fraction of sp³-hybridized carbons (Fsp3) is 0.500. The van der Waals surface area contributed by atoms with Gasteiger partial charge in [0.05, 0.1) is 5.75 Å². The van der Waals surface area contributed by atoms with E-state index in [-0.39, 0.29) is 23.8 Å². The van der Waals surface area contributed by atoms with Crippen LogP contribution >= 0.6 is 0 Å². The van der Waals surface area contributed by atoms with Gasteiger partial charge in [-0.25, -0.2) is 13.4 Å². The largest absolute Gasteiger partial charge is 0.291 e.